The van der Waals surface area contributed by atoms with Crippen LogP contribution in [0.15, 0.2) is 39.0 Å². The number of anilines is 1. The summed E-state index contributed by atoms with van der Waals surface area (Å²) >= 11 is 0. The number of phenolic OH excluding ortho intramolecular Hbond substituents is 1. The highest BCUT2D eigenvalue weighted by Gasteiger charge is 2.17. The van der Waals surface area contributed by atoms with E-state index in [2.05, 4.69) is 34.3 Å². The molecule has 1 aromatic carbocycles. The number of imidazole rings is 1. The Morgan fingerprint density at radius 1 is 1.29 bits per heavy atom. The zero-order chi connectivity index (χ0) is 20.4. The van der Waals surface area contributed by atoms with E-state index in [1.54, 1.807) is 35.9 Å². The zero-order valence-corrected chi connectivity index (χ0v) is 16.4. The van der Waals surface area contributed by atoms with E-state index < -0.39 is 11.2 Å². The summed E-state index contributed by atoms with van der Waals surface area (Å²) < 4.78 is 3.06. The number of aromatic amines is 1. The topological polar surface area (TPSA) is 117 Å². The molecule has 0 bridgehead atoms. The molecule has 3 aromatic rings. The maximum Gasteiger partial charge on any atom is 0.329 e. The number of H-pyrrole nitrogens is 1. The number of aromatic hydroxyl groups is 1. The number of hydrogen-bond donors (Lipinski definition) is 3. The molecular weight excluding hydrogens is 360 g/mol. The maximum absolute atomic E-state index is 12.4. The Balaban J connectivity index is 2.05. The third kappa shape index (κ3) is 3.83. The second-order valence-corrected chi connectivity index (χ2v) is 7.12. The molecule has 0 saturated carbocycles. The van der Waals surface area contributed by atoms with Crippen LogP contribution in [-0.2, 0) is 13.6 Å². The second kappa shape index (κ2) is 7.71. The predicted octanol–water partition coefficient (Wildman–Crippen LogP) is 2.01. The minimum Gasteiger partial charge on any atom is -0.508 e. The summed E-state index contributed by atoms with van der Waals surface area (Å²) in [5.74, 6) is 1.000. The summed E-state index contributed by atoms with van der Waals surface area (Å²) in [5, 5.41) is 13.8. The summed E-state index contributed by atoms with van der Waals surface area (Å²) in [5.41, 5.74) is 4.10. The molecular formula is C19H24N6O3. The van der Waals surface area contributed by atoms with E-state index in [0.717, 1.165) is 12.0 Å². The van der Waals surface area contributed by atoms with Crippen molar-refractivity contribution in [1.29, 1.82) is 0 Å². The van der Waals surface area contributed by atoms with E-state index in [1.807, 2.05) is 6.92 Å². The zero-order valence-electron chi connectivity index (χ0n) is 16.4. The molecule has 0 aliphatic heterocycles. The van der Waals surface area contributed by atoms with Crippen molar-refractivity contribution in [3.8, 4) is 5.75 Å². The van der Waals surface area contributed by atoms with Crippen molar-refractivity contribution in [3.05, 3.63) is 50.7 Å². The van der Waals surface area contributed by atoms with Crippen LogP contribution < -0.4 is 16.7 Å². The Kier molecular flexibility index (Phi) is 5.34. The molecule has 0 aliphatic carbocycles. The molecule has 2 heterocycles. The fourth-order valence-electron chi connectivity index (χ4n) is 2.83. The quantitative estimate of drug-likeness (QED) is 0.444. The van der Waals surface area contributed by atoms with Gasteiger partial charge in [0, 0.05) is 13.6 Å². The molecule has 28 heavy (non-hydrogen) atoms. The lowest BCUT2D eigenvalue weighted by molar-refractivity contribution is 0.475. The summed E-state index contributed by atoms with van der Waals surface area (Å²) in [6, 6.07) is 6.68. The SMILES string of the molecule is C/C(=N/Nc1nc2c(c(=O)[nH]c(=O)n2C)n1CCC(C)C)c1ccc(O)cc1. The van der Waals surface area contributed by atoms with Crippen molar-refractivity contribution in [3.63, 3.8) is 0 Å². The van der Waals surface area contributed by atoms with Crippen molar-refractivity contribution in [1.82, 2.24) is 19.1 Å². The summed E-state index contributed by atoms with van der Waals surface area (Å²) in [7, 11) is 1.56. The van der Waals surface area contributed by atoms with Crippen LogP contribution in [0.3, 0.4) is 0 Å². The number of rotatable bonds is 6. The molecule has 9 heteroatoms. The van der Waals surface area contributed by atoms with Crippen molar-refractivity contribution in [2.75, 3.05) is 5.43 Å². The molecule has 0 spiro atoms. The third-order valence-corrected chi connectivity index (χ3v) is 4.55. The van der Waals surface area contributed by atoms with Crippen LogP contribution in [0, 0.1) is 5.92 Å². The van der Waals surface area contributed by atoms with E-state index >= 15 is 0 Å². The van der Waals surface area contributed by atoms with Crippen molar-refractivity contribution >= 4 is 22.8 Å². The van der Waals surface area contributed by atoms with Gasteiger partial charge in [0.25, 0.3) is 5.56 Å². The minimum absolute atomic E-state index is 0.181. The van der Waals surface area contributed by atoms with Gasteiger partial charge in [-0.25, -0.2) is 10.2 Å². The van der Waals surface area contributed by atoms with Gasteiger partial charge < -0.3 is 9.67 Å². The molecule has 0 atom stereocenters. The molecule has 3 N–H and O–H groups in total. The lowest BCUT2D eigenvalue weighted by Gasteiger charge is -2.10. The first-order chi connectivity index (χ1) is 13.3. The molecule has 0 radical (unpaired) electrons. The number of aromatic nitrogens is 4. The average molecular weight is 384 g/mol. The van der Waals surface area contributed by atoms with E-state index in [1.165, 1.54) is 4.57 Å². The third-order valence-electron chi connectivity index (χ3n) is 4.55. The Labute approximate surface area is 161 Å². The molecule has 0 aliphatic rings. The number of nitrogens with zero attached hydrogens (tertiary/aromatic N) is 4. The number of hydrogen-bond acceptors (Lipinski definition) is 6. The summed E-state index contributed by atoms with van der Waals surface area (Å²) in [4.78, 5) is 31.1. The van der Waals surface area contributed by atoms with Crippen LogP contribution in [0.2, 0.25) is 0 Å². The highest BCUT2D eigenvalue weighted by atomic mass is 16.3. The number of benzene rings is 1. The van der Waals surface area contributed by atoms with Gasteiger partial charge in [-0.05, 0) is 49.1 Å². The number of phenols is 1. The smallest absolute Gasteiger partial charge is 0.329 e. The second-order valence-electron chi connectivity index (χ2n) is 7.12. The number of fused-ring (bicyclic) bond motifs is 1. The average Bonchev–Trinajstić information content (AvgIpc) is 3.02. The van der Waals surface area contributed by atoms with Crippen LogP contribution >= 0.6 is 0 Å². The van der Waals surface area contributed by atoms with Crippen LogP contribution in [-0.4, -0.2) is 29.9 Å². The van der Waals surface area contributed by atoms with Gasteiger partial charge in [0.05, 0.1) is 5.71 Å². The monoisotopic (exact) mass is 384 g/mol. The lowest BCUT2D eigenvalue weighted by Crippen LogP contribution is -2.29. The molecule has 0 unspecified atom stereocenters. The van der Waals surface area contributed by atoms with Gasteiger partial charge in [-0.1, -0.05) is 13.8 Å². The molecule has 148 valence electrons. The fraction of sp³-hybridized carbons (Fsp3) is 0.368. The van der Waals surface area contributed by atoms with E-state index in [-0.39, 0.29) is 5.75 Å². The first kappa shape index (κ1) is 19.4. The van der Waals surface area contributed by atoms with Crippen molar-refractivity contribution in [2.24, 2.45) is 18.1 Å². The van der Waals surface area contributed by atoms with E-state index in [0.29, 0.717) is 35.3 Å². The largest absolute Gasteiger partial charge is 0.508 e. The molecule has 0 amide bonds. The van der Waals surface area contributed by atoms with Gasteiger partial charge in [-0.3, -0.25) is 14.3 Å². The lowest BCUT2D eigenvalue weighted by atomic mass is 10.1. The Morgan fingerprint density at radius 3 is 2.61 bits per heavy atom. The predicted molar refractivity (Wildman–Crippen MR) is 109 cm³/mol. The van der Waals surface area contributed by atoms with Crippen LogP contribution in [0.1, 0.15) is 32.8 Å². The maximum atomic E-state index is 12.4. The van der Waals surface area contributed by atoms with Gasteiger partial charge >= 0.3 is 5.69 Å². The van der Waals surface area contributed by atoms with E-state index in [4.69, 9.17) is 0 Å². The number of nitrogens with one attached hydrogen (secondary N) is 2. The van der Waals surface area contributed by atoms with Gasteiger partial charge in [-0.15, -0.1) is 0 Å². The van der Waals surface area contributed by atoms with Crippen LogP contribution in [0.25, 0.3) is 11.2 Å². The highest BCUT2D eigenvalue weighted by molar-refractivity contribution is 5.99. The molecule has 9 nitrogen and oxygen atoms in total. The number of hydrazone groups is 1. The number of aryl methyl sites for hydroxylation is 2. The first-order valence-corrected chi connectivity index (χ1v) is 9.07. The first-order valence-electron chi connectivity index (χ1n) is 9.07. The molecule has 0 fully saturated rings. The van der Waals surface area contributed by atoms with Gasteiger partial charge in [-0.2, -0.15) is 10.1 Å². The molecule has 2 aromatic heterocycles. The van der Waals surface area contributed by atoms with Crippen LogP contribution in [0.4, 0.5) is 5.95 Å². The molecule has 0 saturated heterocycles. The standard InChI is InChI=1S/C19H24N6O3/c1-11(2)9-10-25-15-16(24(4)19(28)21-17(15)27)20-18(25)23-22-12(3)13-5-7-14(26)8-6-13/h5-8,11,26H,9-10H2,1-4H3,(H,20,23)(H,21,27,28)/b22-12-. The summed E-state index contributed by atoms with van der Waals surface area (Å²) in [6.07, 6.45) is 0.836. The van der Waals surface area contributed by atoms with Crippen molar-refractivity contribution < 1.29 is 5.11 Å². The highest BCUT2D eigenvalue weighted by Crippen LogP contribution is 2.18. The Bertz CT molecular complexity index is 1140. The van der Waals surface area contributed by atoms with Crippen LogP contribution in [0.5, 0.6) is 5.75 Å². The fourth-order valence-corrected chi connectivity index (χ4v) is 2.83. The normalized spacial score (nSPS) is 12.1. The summed E-state index contributed by atoms with van der Waals surface area (Å²) in [6.45, 7) is 6.58. The Hall–Kier alpha value is -3.36. The van der Waals surface area contributed by atoms with Gasteiger partial charge in [0.1, 0.15) is 5.75 Å². The van der Waals surface area contributed by atoms with E-state index in [9.17, 15) is 14.7 Å². The molecule has 3 rings (SSSR count). The van der Waals surface area contributed by atoms with Gasteiger partial charge in [0.15, 0.2) is 11.2 Å². The minimum atomic E-state index is -0.513. The van der Waals surface area contributed by atoms with Crippen molar-refractivity contribution in [2.45, 2.75) is 33.7 Å². The Morgan fingerprint density at radius 2 is 1.96 bits per heavy atom. The van der Waals surface area contributed by atoms with Gasteiger partial charge in [0.2, 0.25) is 5.95 Å².